The maximum absolute atomic E-state index is 12.0. The summed E-state index contributed by atoms with van der Waals surface area (Å²) in [5, 5.41) is 2.69. The molecule has 0 radical (unpaired) electrons. The highest BCUT2D eigenvalue weighted by molar-refractivity contribution is 5.90. The molecule has 0 aromatic heterocycles. The van der Waals surface area contributed by atoms with E-state index >= 15 is 0 Å². The van der Waals surface area contributed by atoms with E-state index in [0.29, 0.717) is 25.1 Å². The summed E-state index contributed by atoms with van der Waals surface area (Å²) in [5.41, 5.74) is 1.64. The summed E-state index contributed by atoms with van der Waals surface area (Å²) in [6.07, 6.45) is 0.882. The maximum Gasteiger partial charge on any atom is 0.387 e. The first-order chi connectivity index (χ1) is 11.5. The molecular formula is C18H19F2NO3. The van der Waals surface area contributed by atoms with E-state index in [4.69, 9.17) is 4.74 Å². The van der Waals surface area contributed by atoms with Crippen molar-refractivity contribution in [3.8, 4) is 11.5 Å². The second-order valence-corrected chi connectivity index (χ2v) is 5.22. The molecule has 0 unspecified atom stereocenters. The summed E-state index contributed by atoms with van der Waals surface area (Å²) >= 11 is 0. The van der Waals surface area contributed by atoms with Gasteiger partial charge in [-0.2, -0.15) is 8.78 Å². The van der Waals surface area contributed by atoms with Crippen LogP contribution in [0.2, 0.25) is 0 Å². The monoisotopic (exact) mass is 335 g/mol. The molecule has 0 bridgehead atoms. The van der Waals surface area contributed by atoms with Gasteiger partial charge >= 0.3 is 6.61 Å². The fourth-order valence-corrected chi connectivity index (χ4v) is 2.07. The number of ether oxygens (including phenoxy) is 2. The first-order valence-electron chi connectivity index (χ1n) is 7.57. The Morgan fingerprint density at radius 2 is 1.88 bits per heavy atom. The molecule has 1 amide bonds. The minimum atomic E-state index is -2.86. The number of halogens is 2. The number of alkyl halides is 2. The molecule has 2 aromatic rings. The van der Waals surface area contributed by atoms with Crippen molar-refractivity contribution < 1.29 is 23.0 Å². The van der Waals surface area contributed by atoms with Crippen molar-refractivity contribution in [3.05, 3.63) is 54.1 Å². The summed E-state index contributed by atoms with van der Waals surface area (Å²) in [6, 6.07) is 13.5. The Morgan fingerprint density at radius 3 is 2.54 bits per heavy atom. The lowest BCUT2D eigenvalue weighted by Crippen LogP contribution is -2.12. The van der Waals surface area contributed by atoms with Crippen LogP contribution in [-0.4, -0.2) is 19.1 Å². The highest BCUT2D eigenvalue weighted by Gasteiger charge is 2.06. The van der Waals surface area contributed by atoms with Crippen LogP contribution < -0.4 is 14.8 Å². The molecule has 128 valence electrons. The second-order valence-electron chi connectivity index (χ2n) is 5.22. The third-order valence-electron chi connectivity index (χ3n) is 3.17. The lowest BCUT2D eigenvalue weighted by molar-refractivity contribution is -0.116. The predicted octanol–water partition coefficient (Wildman–Crippen LogP) is 4.39. The highest BCUT2D eigenvalue weighted by Crippen LogP contribution is 2.18. The molecule has 2 aromatic carbocycles. The van der Waals surface area contributed by atoms with E-state index < -0.39 is 6.61 Å². The number of nitrogens with one attached hydrogen (secondary N) is 1. The van der Waals surface area contributed by atoms with Crippen LogP contribution in [0, 0.1) is 6.92 Å². The number of rotatable bonds is 8. The summed E-state index contributed by atoms with van der Waals surface area (Å²) in [4.78, 5) is 11.8. The smallest absolute Gasteiger partial charge is 0.387 e. The molecule has 2 rings (SSSR count). The Morgan fingerprint density at radius 1 is 1.12 bits per heavy atom. The van der Waals surface area contributed by atoms with Crippen LogP contribution >= 0.6 is 0 Å². The molecule has 0 fully saturated rings. The molecule has 0 atom stereocenters. The number of carbonyl (C=O) groups excluding carboxylic acids is 1. The summed E-state index contributed by atoms with van der Waals surface area (Å²) in [6.45, 7) is -0.436. The zero-order chi connectivity index (χ0) is 17.4. The van der Waals surface area contributed by atoms with Crippen LogP contribution in [-0.2, 0) is 4.79 Å². The van der Waals surface area contributed by atoms with Crippen molar-refractivity contribution in [2.24, 2.45) is 0 Å². The molecule has 1 N–H and O–H groups in total. The number of aryl methyl sites for hydroxylation is 1. The fraction of sp³-hybridized carbons (Fsp3) is 0.278. The Labute approximate surface area is 139 Å². The first-order valence-corrected chi connectivity index (χ1v) is 7.57. The van der Waals surface area contributed by atoms with E-state index in [-0.39, 0.29) is 11.7 Å². The molecule has 24 heavy (non-hydrogen) atoms. The summed E-state index contributed by atoms with van der Waals surface area (Å²) in [7, 11) is 0. The van der Waals surface area contributed by atoms with Gasteiger partial charge in [0.25, 0.3) is 0 Å². The minimum Gasteiger partial charge on any atom is -0.494 e. The van der Waals surface area contributed by atoms with Gasteiger partial charge in [0, 0.05) is 12.1 Å². The summed E-state index contributed by atoms with van der Waals surface area (Å²) in [5.74, 6) is 0.671. The van der Waals surface area contributed by atoms with Crippen LogP contribution in [0.4, 0.5) is 14.5 Å². The van der Waals surface area contributed by atoms with Crippen LogP contribution in [0.25, 0.3) is 0 Å². The number of anilines is 1. The molecule has 0 aliphatic rings. The van der Waals surface area contributed by atoms with Gasteiger partial charge in [0.15, 0.2) is 0 Å². The van der Waals surface area contributed by atoms with Crippen LogP contribution in [0.3, 0.4) is 0 Å². The molecule has 6 heteroatoms. The van der Waals surface area contributed by atoms with E-state index in [0.717, 1.165) is 11.3 Å². The topological polar surface area (TPSA) is 47.6 Å². The van der Waals surface area contributed by atoms with Crippen LogP contribution in [0.1, 0.15) is 18.4 Å². The van der Waals surface area contributed by atoms with Gasteiger partial charge in [0.1, 0.15) is 11.5 Å². The van der Waals surface area contributed by atoms with E-state index in [1.54, 1.807) is 0 Å². The SMILES string of the molecule is Cc1cccc(OCCCC(=O)Nc2ccc(OC(F)F)cc2)c1. The standard InChI is InChI=1S/C18H19F2NO3/c1-13-4-2-5-16(12-13)23-11-3-6-17(22)21-14-7-9-15(10-8-14)24-18(19)20/h2,4-5,7-10,12,18H,3,6,11H2,1H3,(H,21,22). The third kappa shape index (κ3) is 6.24. The van der Waals surface area contributed by atoms with E-state index in [9.17, 15) is 13.6 Å². The molecule has 0 aliphatic heterocycles. The minimum absolute atomic E-state index is 0.0505. The largest absolute Gasteiger partial charge is 0.494 e. The van der Waals surface area contributed by atoms with Gasteiger partial charge in [-0.3, -0.25) is 4.79 Å². The molecule has 0 spiro atoms. The normalized spacial score (nSPS) is 10.5. The Hall–Kier alpha value is -2.63. The molecule has 0 saturated carbocycles. The number of amides is 1. The number of hydrogen-bond acceptors (Lipinski definition) is 3. The van der Waals surface area contributed by atoms with Crippen molar-refractivity contribution in [1.29, 1.82) is 0 Å². The van der Waals surface area contributed by atoms with Gasteiger partial charge in [-0.05, 0) is 55.3 Å². The average Bonchev–Trinajstić information content (AvgIpc) is 2.53. The second kappa shape index (κ2) is 8.86. The quantitative estimate of drug-likeness (QED) is 0.728. The number of hydrogen-bond donors (Lipinski definition) is 1. The Kier molecular flexibility index (Phi) is 6.54. The Bertz CT molecular complexity index is 660. The average molecular weight is 335 g/mol. The van der Waals surface area contributed by atoms with Gasteiger partial charge < -0.3 is 14.8 Å². The lowest BCUT2D eigenvalue weighted by atomic mass is 10.2. The molecule has 0 aliphatic carbocycles. The highest BCUT2D eigenvalue weighted by atomic mass is 19.3. The molecule has 0 saturated heterocycles. The number of benzene rings is 2. The maximum atomic E-state index is 12.0. The summed E-state index contributed by atoms with van der Waals surface area (Å²) < 4.78 is 33.9. The zero-order valence-electron chi connectivity index (χ0n) is 13.3. The lowest BCUT2D eigenvalue weighted by Gasteiger charge is -2.08. The van der Waals surface area contributed by atoms with Crippen molar-refractivity contribution in [3.63, 3.8) is 0 Å². The van der Waals surface area contributed by atoms with Crippen molar-refractivity contribution in [2.75, 3.05) is 11.9 Å². The third-order valence-corrected chi connectivity index (χ3v) is 3.17. The van der Waals surface area contributed by atoms with Crippen molar-refractivity contribution in [2.45, 2.75) is 26.4 Å². The van der Waals surface area contributed by atoms with Crippen LogP contribution in [0.5, 0.6) is 11.5 Å². The molecular weight excluding hydrogens is 316 g/mol. The van der Waals surface area contributed by atoms with Gasteiger partial charge in [0.05, 0.1) is 6.61 Å². The predicted molar refractivity (Wildman–Crippen MR) is 87.6 cm³/mol. The van der Waals surface area contributed by atoms with Gasteiger partial charge in [-0.1, -0.05) is 12.1 Å². The van der Waals surface area contributed by atoms with Crippen LogP contribution in [0.15, 0.2) is 48.5 Å². The van der Waals surface area contributed by atoms with Gasteiger partial charge in [-0.25, -0.2) is 0 Å². The Balaban J connectivity index is 1.69. The van der Waals surface area contributed by atoms with Crippen molar-refractivity contribution in [1.82, 2.24) is 0 Å². The van der Waals surface area contributed by atoms with Gasteiger partial charge in [-0.15, -0.1) is 0 Å². The first kappa shape index (κ1) is 17.7. The fourth-order valence-electron chi connectivity index (χ4n) is 2.07. The van der Waals surface area contributed by atoms with Gasteiger partial charge in [0.2, 0.25) is 5.91 Å². The van der Waals surface area contributed by atoms with E-state index in [1.165, 1.54) is 24.3 Å². The van der Waals surface area contributed by atoms with E-state index in [2.05, 4.69) is 10.1 Å². The molecule has 0 heterocycles. The van der Waals surface area contributed by atoms with E-state index in [1.807, 2.05) is 31.2 Å². The molecule has 4 nitrogen and oxygen atoms in total. The number of carbonyl (C=O) groups is 1. The van der Waals surface area contributed by atoms with Crippen molar-refractivity contribution >= 4 is 11.6 Å². The zero-order valence-corrected chi connectivity index (χ0v) is 13.3.